The van der Waals surface area contributed by atoms with Crippen molar-refractivity contribution in [1.82, 2.24) is 19.9 Å². The molecule has 5 aromatic carbocycles. The zero-order valence-electron chi connectivity index (χ0n) is 24.2. The smallest absolute Gasteiger partial charge is 0.0973 e. The van der Waals surface area contributed by atoms with E-state index in [0.29, 0.717) is 0 Å². The third-order valence-electron chi connectivity index (χ3n) is 7.74. The first kappa shape index (κ1) is 25.7. The molecule has 0 spiro atoms. The van der Waals surface area contributed by atoms with E-state index < -0.39 is 0 Å². The van der Waals surface area contributed by atoms with Gasteiger partial charge in [-0.3, -0.25) is 0 Å². The van der Waals surface area contributed by atoms with Gasteiger partial charge in [-0.25, -0.2) is 19.9 Å². The lowest BCUT2D eigenvalue weighted by Crippen LogP contribution is -1.99. The lowest BCUT2D eigenvalue weighted by Gasteiger charge is -2.14. The van der Waals surface area contributed by atoms with Crippen LogP contribution in [0.15, 0.2) is 109 Å². The minimum atomic E-state index is 0.865. The van der Waals surface area contributed by atoms with Crippen LogP contribution in [0, 0.1) is 27.7 Å². The monoisotopic (exact) mass is 542 g/mol. The molecule has 4 heteroatoms. The molecule has 2 heterocycles. The van der Waals surface area contributed by atoms with Crippen LogP contribution in [0.25, 0.3) is 67.1 Å². The summed E-state index contributed by atoms with van der Waals surface area (Å²) in [6, 6.07) is 37.7. The van der Waals surface area contributed by atoms with Crippen LogP contribution in [0.2, 0.25) is 0 Å². The molecule has 0 bridgehead atoms. The summed E-state index contributed by atoms with van der Waals surface area (Å²) in [5.74, 6) is 0. The van der Waals surface area contributed by atoms with Crippen LogP contribution < -0.4 is 0 Å². The van der Waals surface area contributed by atoms with Crippen molar-refractivity contribution >= 4 is 22.1 Å². The van der Waals surface area contributed by atoms with E-state index in [4.69, 9.17) is 19.9 Å². The van der Waals surface area contributed by atoms with Crippen LogP contribution in [-0.2, 0) is 0 Å². The van der Waals surface area contributed by atoms with Crippen molar-refractivity contribution in [3.63, 3.8) is 0 Å². The molecule has 4 nitrogen and oxygen atoms in total. The summed E-state index contributed by atoms with van der Waals surface area (Å²) in [6.07, 6.45) is 0. The Morgan fingerprint density at radius 3 is 1.07 bits per heavy atom. The molecule has 2 aromatic heterocycles. The van der Waals surface area contributed by atoms with E-state index in [-0.39, 0.29) is 0 Å². The zero-order valence-corrected chi connectivity index (χ0v) is 24.2. The number of benzene rings is 5. The van der Waals surface area contributed by atoms with E-state index in [1.165, 1.54) is 11.1 Å². The first-order chi connectivity index (χ1) is 20.4. The Morgan fingerprint density at radius 1 is 0.357 bits per heavy atom. The highest BCUT2D eigenvalue weighted by atomic mass is 14.8. The molecular formula is C38H30N4. The number of rotatable bonds is 4. The van der Waals surface area contributed by atoms with Crippen molar-refractivity contribution in [2.75, 3.05) is 0 Å². The molecule has 7 rings (SSSR count). The molecule has 0 atom stereocenters. The van der Waals surface area contributed by atoms with Gasteiger partial charge in [0.25, 0.3) is 0 Å². The van der Waals surface area contributed by atoms with Gasteiger partial charge in [-0.15, -0.1) is 0 Å². The van der Waals surface area contributed by atoms with Crippen molar-refractivity contribution in [2.45, 2.75) is 27.7 Å². The molecule has 0 fully saturated rings. The Balaban J connectivity index is 1.41. The summed E-state index contributed by atoms with van der Waals surface area (Å²) < 4.78 is 0. The maximum atomic E-state index is 5.18. The number of fused-ring (bicyclic) bond motifs is 2. The number of aryl methyl sites for hydroxylation is 4. The lowest BCUT2D eigenvalue weighted by molar-refractivity contribution is 1.25. The summed E-state index contributed by atoms with van der Waals surface area (Å²) >= 11 is 0. The van der Waals surface area contributed by atoms with E-state index in [9.17, 15) is 0 Å². The normalized spacial score (nSPS) is 11.3. The zero-order chi connectivity index (χ0) is 28.8. The van der Waals surface area contributed by atoms with Crippen LogP contribution >= 0.6 is 0 Å². The summed E-state index contributed by atoms with van der Waals surface area (Å²) in [5, 5.41) is 0. The maximum Gasteiger partial charge on any atom is 0.0973 e. The average molecular weight is 543 g/mol. The molecule has 0 amide bonds. The van der Waals surface area contributed by atoms with Gasteiger partial charge in [-0.05, 0) is 62.1 Å². The first-order valence-corrected chi connectivity index (χ1v) is 14.2. The molecule has 0 aliphatic heterocycles. The second kappa shape index (κ2) is 10.3. The molecule has 0 saturated carbocycles. The molecule has 0 saturated heterocycles. The molecule has 0 unspecified atom stereocenters. The number of nitrogens with zero attached hydrogens (tertiary/aromatic N) is 4. The third kappa shape index (κ3) is 4.61. The van der Waals surface area contributed by atoms with Gasteiger partial charge in [0.2, 0.25) is 0 Å². The minimum Gasteiger partial charge on any atom is -0.244 e. The van der Waals surface area contributed by atoms with Crippen LogP contribution in [0.1, 0.15) is 22.3 Å². The average Bonchev–Trinajstić information content (AvgIpc) is 3.01. The fourth-order valence-electron chi connectivity index (χ4n) is 5.80. The summed E-state index contributed by atoms with van der Waals surface area (Å²) in [6.45, 7) is 8.41. The fraction of sp³-hybridized carbons (Fsp3) is 0.105. The van der Waals surface area contributed by atoms with Gasteiger partial charge < -0.3 is 0 Å². The van der Waals surface area contributed by atoms with Crippen molar-refractivity contribution in [3.8, 4) is 45.0 Å². The highest BCUT2D eigenvalue weighted by molar-refractivity contribution is 5.90. The maximum absolute atomic E-state index is 5.18. The van der Waals surface area contributed by atoms with Gasteiger partial charge in [0.1, 0.15) is 0 Å². The van der Waals surface area contributed by atoms with E-state index in [2.05, 4.69) is 100 Å². The van der Waals surface area contributed by atoms with Crippen molar-refractivity contribution in [1.29, 1.82) is 0 Å². The molecule has 202 valence electrons. The van der Waals surface area contributed by atoms with E-state index in [0.717, 1.165) is 78.2 Å². The SMILES string of the molecule is Cc1cc(C)c2nc(-c3ccccc3)c(-c3ccc(-c4nc5cc(C)cc(C)c5nc4-c4ccccc4)cc3)nc2c1. The van der Waals surface area contributed by atoms with Crippen molar-refractivity contribution < 1.29 is 0 Å². The third-order valence-corrected chi connectivity index (χ3v) is 7.74. The number of aromatic nitrogens is 4. The fourth-order valence-corrected chi connectivity index (χ4v) is 5.80. The second-order valence-electron chi connectivity index (χ2n) is 11.1. The second-order valence-corrected chi connectivity index (χ2v) is 11.1. The van der Waals surface area contributed by atoms with Gasteiger partial charge >= 0.3 is 0 Å². The Bertz CT molecular complexity index is 1950. The Kier molecular flexibility index (Phi) is 6.32. The van der Waals surface area contributed by atoms with Gasteiger partial charge in [-0.1, -0.05) is 97.1 Å². The van der Waals surface area contributed by atoms with Crippen LogP contribution in [0.3, 0.4) is 0 Å². The highest BCUT2D eigenvalue weighted by Gasteiger charge is 2.17. The summed E-state index contributed by atoms with van der Waals surface area (Å²) in [7, 11) is 0. The van der Waals surface area contributed by atoms with Gasteiger partial charge in [0.15, 0.2) is 0 Å². The lowest BCUT2D eigenvalue weighted by atomic mass is 9.99. The highest BCUT2D eigenvalue weighted by Crippen LogP contribution is 2.36. The molecule has 0 N–H and O–H groups in total. The van der Waals surface area contributed by atoms with Crippen molar-refractivity contribution in [3.05, 3.63) is 131 Å². The Hall–Kier alpha value is -5.22. The summed E-state index contributed by atoms with van der Waals surface area (Å²) in [5.41, 5.74) is 15.9. The van der Waals surface area contributed by atoms with Gasteiger partial charge in [-0.2, -0.15) is 0 Å². The first-order valence-electron chi connectivity index (χ1n) is 14.2. The predicted octanol–water partition coefficient (Wildman–Crippen LogP) is 9.47. The van der Waals surface area contributed by atoms with Gasteiger partial charge in [0, 0.05) is 22.3 Å². The van der Waals surface area contributed by atoms with Gasteiger partial charge in [0.05, 0.1) is 44.8 Å². The largest absolute Gasteiger partial charge is 0.244 e. The molecule has 0 aliphatic carbocycles. The van der Waals surface area contributed by atoms with Crippen LogP contribution in [-0.4, -0.2) is 19.9 Å². The van der Waals surface area contributed by atoms with E-state index in [1.54, 1.807) is 0 Å². The number of hydrogen-bond donors (Lipinski definition) is 0. The molecule has 0 radical (unpaired) electrons. The van der Waals surface area contributed by atoms with Crippen LogP contribution in [0.5, 0.6) is 0 Å². The topological polar surface area (TPSA) is 51.6 Å². The predicted molar refractivity (Wildman–Crippen MR) is 173 cm³/mol. The van der Waals surface area contributed by atoms with E-state index in [1.807, 2.05) is 36.4 Å². The Labute approximate surface area is 245 Å². The quantitative estimate of drug-likeness (QED) is 0.222. The molecular weight excluding hydrogens is 512 g/mol. The van der Waals surface area contributed by atoms with Crippen LogP contribution in [0.4, 0.5) is 0 Å². The summed E-state index contributed by atoms with van der Waals surface area (Å²) in [4.78, 5) is 20.7. The Morgan fingerprint density at radius 2 is 0.690 bits per heavy atom. The molecule has 0 aliphatic rings. The minimum absolute atomic E-state index is 0.865. The molecule has 42 heavy (non-hydrogen) atoms. The molecule has 7 aromatic rings. The van der Waals surface area contributed by atoms with E-state index >= 15 is 0 Å². The standard InChI is InChI=1S/C38H30N4/c1-23-19-25(3)33-31(21-23)39-35(37(41-33)27-11-7-5-8-12-27)29-15-17-30(18-16-29)36-38(28-13-9-6-10-14-28)42-34-26(4)20-24(2)22-32(34)40-36/h5-22H,1-4H3. The van der Waals surface area contributed by atoms with Crippen molar-refractivity contribution in [2.24, 2.45) is 0 Å². The number of hydrogen-bond acceptors (Lipinski definition) is 4.